The molecule has 2 unspecified atom stereocenters. The van der Waals surface area contributed by atoms with Gasteiger partial charge in [-0.3, -0.25) is 0 Å². The quantitative estimate of drug-likeness (QED) is 0.851. The van der Waals surface area contributed by atoms with Crippen molar-refractivity contribution in [3.05, 3.63) is 29.3 Å². The molecular formula is C14H18O3. The standard InChI is InChI=1S/C14H18O3/c15-13(11-4-2-7-16-9-11)12-5-1-3-10-6-8-17-14(10)12/h1,3,5,11,13,15H,2,4,6-9H2. The van der Waals surface area contributed by atoms with Crippen molar-refractivity contribution in [2.24, 2.45) is 5.92 Å². The predicted octanol–water partition coefficient (Wildman–Crippen LogP) is 2.08. The van der Waals surface area contributed by atoms with Crippen LogP contribution in [-0.4, -0.2) is 24.9 Å². The Bertz CT molecular complexity index is 396. The number of benzene rings is 1. The Morgan fingerprint density at radius 1 is 1.29 bits per heavy atom. The summed E-state index contributed by atoms with van der Waals surface area (Å²) in [5.74, 6) is 1.12. The van der Waals surface area contributed by atoms with Crippen molar-refractivity contribution >= 4 is 0 Å². The van der Waals surface area contributed by atoms with E-state index in [4.69, 9.17) is 9.47 Å². The van der Waals surface area contributed by atoms with E-state index < -0.39 is 6.10 Å². The third-order valence-electron chi connectivity index (χ3n) is 3.71. The van der Waals surface area contributed by atoms with Crippen molar-refractivity contribution in [1.29, 1.82) is 0 Å². The number of ether oxygens (including phenoxy) is 2. The minimum absolute atomic E-state index is 0.208. The summed E-state index contributed by atoms with van der Waals surface area (Å²) in [6, 6.07) is 6.06. The molecule has 3 rings (SSSR count). The molecule has 92 valence electrons. The molecule has 3 nitrogen and oxygen atoms in total. The fraction of sp³-hybridized carbons (Fsp3) is 0.571. The SMILES string of the molecule is OC(c1cccc2c1OCC2)C1CCCOC1. The van der Waals surface area contributed by atoms with E-state index >= 15 is 0 Å². The molecule has 0 saturated carbocycles. The Morgan fingerprint density at radius 2 is 2.24 bits per heavy atom. The first-order chi connectivity index (χ1) is 8.36. The molecule has 1 saturated heterocycles. The molecule has 0 aromatic heterocycles. The van der Waals surface area contributed by atoms with E-state index in [0.29, 0.717) is 6.61 Å². The minimum atomic E-state index is -0.455. The molecule has 3 heteroatoms. The van der Waals surface area contributed by atoms with E-state index in [2.05, 4.69) is 6.07 Å². The van der Waals surface area contributed by atoms with Crippen LogP contribution in [0, 0.1) is 5.92 Å². The summed E-state index contributed by atoms with van der Waals surface area (Å²) in [4.78, 5) is 0. The Morgan fingerprint density at radius 3 is 3.06 bits per heavy atom. The van der Waals surface area contributed by atoms with Crippen molar-refractivity contribution in [3.63, 3.8) is 0 Å². The van der Waals surface area contributed by atoms with E-state index in [1.807, 2.05) is 12.1 Å². The summed E-state index contributed by atoms with van der Waals surface area (Å²) in [5.41, 5.74) is 2.16. The van der Waals surface area contributed by atoms with Crippen LogP contribution in [0.4, 0.5) is 0 Å². The van der Waals surface area contributed by atoms with E-state index in [9.17, 15) is 5.11 Å². The number of fused-ring (bicyclic) bond motifs is 1. The summed E-state index contributed by atoms with van der Waals surface area (Å²) >= 11 is 0. The number of para-hydroxylation sites is 1. The van der Waals surface area contributed by atoms with Crippen LogP contribution in [0.5, 0.6) is 5.75 Å². The number of aliphatic hydroxyl groups excluding tert-OH is 1. The van der Waals surface area contributed by atoms with Crippen molar-refractivity contribution in [1.82, 2.24) is 0 Å². The third-order valence-corrected chi connectivity index (χ3v) is 3.71. The Balaban J connectivity index is 1.85. The molecule has 1 aromatic carbocycles. The van der Waals surface area contributed by atoms with Gasteiger partial charge in [-0.15, -0.1) is 0 Å². The van der Waals surface area contributed by atoms with E-state index in [-0.39, 0.29) is 5.92 Å². The molecule has 2 heterocycles. The van der Waals surface area contributed by atoms with Crippen LogP contribution < -0.4 is 4.74 Å². The maximum absolute atomic E-state index is 10.4. The average molecular weight is 234 g/mol. The number of aliphatic hydroxyl groups is 1. The highest BCUT2D eigenvalue weighted by atomic mass is 16.5. The zero-order valence-electron chi connectivity index (χ0n) is 9.89. The molecule has 0 amide bonds. The second kappa shape index (κ2) is 4.67. The van der Waals surface area contributed by atoms with Gasteiger partial charge in [0.2, 0.25) is 0 Å². The molecule has 0 spiro atoms. The van der Waals surface area contributed by atoms with Gasteiger partial charge in [-0.25, -0.2) is 0 Å². The Kier molecular flexibility index (Phi) is 3.04. The summed E-state index contributed by atoms with van der Waals surface area (Å²) < 4.78 is 11.1. The van der Waals surface area contributed by atoms with Crippen LogP contribution in [0.3, 0.4) is 0 Å². The molecule has 17 heavy (non-hydrogen) atoms. The van der Waals surface area contributed by atoms with Gasteiger partial charge in [0.15, 0.2) is 0 Å². The van der Waals surface area contributed by atoms with Gasteiger partial charge in [0.25, 0.3) is 0 Å². The fourth-order valence-corrected chi connectivity index (χ4v) is 2.74. The fourth-order valence-electron chi connectivity index (χ4n) is 2.74. The van der Waals surface area contributed by atoms with Crippen LogP contribution in [0.15, 0.2) is 18.2 Å². The number of hydrogen-bond acceptors (Lipinski definition) is 3. The maximum atomic E-state index is 10.4. The lowest BCUT2D eigenvalue weighted by Gasteiger charge is -2.27. The Labute approximate surface area is 101 Å². The monoisotopic (exact) mass is 234 g/mol. The van der Waals surface area contributed by atoms with Gasteiger partial charge in [0, 0.05) is 24.5 Å². The molecule has 1 aromatic rings. The number of rotatable bonds is 2. The predicted molar refractivity (Wildman–Crippen MR) is 64.1 cm³/mol. The van der Waals surface area contributed by atoms with Crippen LogP contribution in [0.1, 0.15) is 30.1 Å². The highest BCUT2D eigenvalue weighted by Crippen LogP contribution is 2.38. The number of hydrogen-bond donors (Lipinski definition) is 1. The van der Waals surface area contributed by atoms with Gasteiger partial charge in [-0.1, -0.05) is 18.2 Å². The smallest absolute Gasteiger partial charge is 0.128 e. The van der Waals surface area contributed by atoms with Crippen LogP contribution >= 0.6 is 0 Å². The lowest BCUT2D eigenvalue weighted by molar-refractivity contribution is -0.0107. The second-order valence-electron chi connectivity index (χ2n) is 4.86. The van der Waals surface area contributed by atoms with E-state index in [1.165, 1.54) is 5.56 Å². The first kappa shape index (κ1) is 11.1. The van der Waals surface area contributed by atoms with Gasteiger partial charge < -0.3 is 14.6 Å². The van der Waals surface area contributed by atoms with Gasteiger partial charge in [0.05, 0.1) is 19.3 Å². The van der Waals surface area contributed by atoms with E-state index in [0.717, 1.165) is 43.8 Å². The molecule has 0 radical (unpaired) electrons. The van der Waals surface area contributed by atoms with Crippen LogP contribution in [-0.2, 0) is 11.2 Å². The molecule has 1 fully saturated rings. The van der Waals surface area contributed by atoms with Gasteiger partial charge in [0.1, 0.15) is 5.75 Å². The summed E-state index contributed by atoms with van der Waals surface area (Å²) in [6.07, 6.45) is 2.57. The minimum Gasteiger partial charge on any atom is -0.493 e. The zero-order valence-corrected chi connectivity index (χ0v) is 9.89. The summed E-state index contributed by atoms with van der Waals surface area (Å²) in [6.45, 7) is 2.22. The normalized spacial score (nSPS) is 25.1. The molecule has 0 aliphatic carbocycles. The summed E-state index contributed by atoms with van der Waals surface area (Å²) in [5, 5.41) is 10.4. The van der Waals surface area contributed by atoms with Gasteiger partial charge in [-0.05, 0) is 18.4 Å². The lowest BCUT2D eigenvalue weighted by Crippen LogP contribution is -2.24. The first-order valence-electron chi connectivity index (χ1n) is 6.36. The lowest BCUT2D eigenvalue weighted by atomic mass is 9.90. The molecule has 0 bridgehead atoms. The highest BCUT2D eigenvalue weighted by Gasteiger charge is 2.28. The molecule has 2 atom stereocenters. The molecule has 2 aliphatic rings. The highest BCUT2D eigenvalue weighted by molar-refractivity contribution is 5.45. The average Bonchev–Trinajstić information content (AvgIpc) is 2.87. The van der Waals surface area contributed by atoms with E-state index in [1.54, 1.807) is 0 Å². The summed E-state index contributed by atoms with van der Waals surface area (Å²) in [7, 11) is 0. The first-order valence-corrected chi connectivity index (χ1v) is 6.36. The van der Waals surface area contributed by atoms with Gasteiger partial charge >= 0.3 is 0 Å². The van der Waals surface area contributed by atoms with Crippen molar-refractivity contribution < 1.29 is 14.6 Å². The molecular weight excluding hydrogens is 216 g/mol. The van der Waals surface area contributed by atoms with Crippen molar-refractivity contribution in [2.75, 3.05) is 19.8 Å². The van der Waals surface area contributed by atoms with Crippen LogP contribution in [0.2, 0.25) is 0 Å². The van der Waals surface area contributed by atoms with Crippen molar-refractivity contribution in [3.8, 4) is 5.75 Å². The Hall–Kier alpha value is -1.06. The molecule has 1 N–H and O–H groups in total. The van der Waals surface area contributed by atoms with Gasteiger partial charge in [-0.2, -0.15) is 0 Å². The third kappa shape index (κ3) is 2.05. The maximum Gasteiger partial charge on any atom is 0.128 e. The largest absolute Gasteiger partial charge is 0.493 e. The molecule has 2 aliphatic heterocycles. The second-order valence-corrected chi connectivity index (χ2v) is 4.86. The topological polar surface area (TPSA) is 38.7 Å². The van der Waals surface area contributed by atoms with Crippen molar-refractivity contribution in [2.45, 2.75) is 25.4 Å². The van der Waals surface area contributed by atoms with Crippen LogP contribution in [0.25, 0.3) is 0 Å². The zero-order chi connectivity index (χ0) is 11.7.